The molecule has 0 bridgehead atoms. The number of hydrogen-bond acceptors (Lipinski definition) is 4. The van der Waals surface area contributed by atoms with Gasteiger partial charge >= 0.3 is 0 Å². The van der Waals surface area contributed by atoms with Gasteiger partial charge in [-0.1, -0.05) is 0 Å². The summed E-state index contributed by atoms with van der Waals surface area (Å²) in [6.45, 7) is 0.457. The highest BCUT2D eigenvalue weighted by Crippen LogP contribution is 2.26. The van der Waals surface area contributed by atoms with Crippen LogP contribution in [0.5, 0.6) is 0 Å². The molecule has 0 radical (unpaired) electrons. The van der Waals surface area contributed by atoms with Crippen molar-refractivity contribution < 1.29 is 9.52 Å². The third-order valence-electron chi connectivity index (χ3n) is 2.21. The summed E-state index contributed by atoms with van der Waals surface area (Å²) >= 11 is 0. The number of fused-ring (bicyclic) bond motifs is 1. The van der Waals surface area contributed by atoms with Crippen LogP contribution in [0.1, 0.15) is 18.1 Å². The third-order valence-corrected chi connectivity index (χ3v) is 2.21. The molecule has 0 aromatic carbocycles. The highest BCUT2D eigenvalue weighted by atomic mass is 16.3. The molecule has 2 aromatic rings. The molecule has 4 heteroatoms. The van der Waals surface area contributed by atoms with E-state index < -0.39 is 6.10 Å². The van der Waals surface area contributed by atoms with E-state index in [0.29, 0.717) is 18.5 Å². The van der Waals surface area contributed by atoms with Gasteiger partial charge in [0.2, 0.25) is 0 Å². The Balaban J connectivity index is 2.42. The lowest BCUT2D eigenvalue weighted by molar-refractivity contribution is 0.170. The minimum absolute atomic E-state index is 0.457. The molecule has 0 fully saturated rings. The van der Waals surface area contributed by atoms with Crippen LogP contribution in [0.25, 0.3) is 11.0 Å². The number of rotatable bonds is 3. The molecule has 1 atom stereocenters. The Bertz CT molecular complexity index is 425. The largest absolute Gasteiger partial charge is 0.462 e. The average Bonchev–Trinajstić information content (AvgIpc) is 2.61. The van der Waals surface area contributed by atoms with E-state index in [-0.39, 0.29) is 0 Å². The predicted molar refractivity (Wildman–Crippen MR) is 52.6 cm³/mol. The first-order valence-electron chi connectivity index (χ1n) is 4.52. The Morgan fingerprint density at radius 3 is 3.21 bits per heavy atom. The van der Waals surface area contributed by atoms with Crippen LogP contribution < -0.4 is 5.73 Å². The summed E-state index contributed by atoms with van der Waals surface area (Å²) in [6.07, 6.45) is 4.86. The second-order valence-electron chi connectivity index (χ2n) is 3.16. The fourth-order valence-electron chi connectivity index (χ4n) is 1.47. The molecule has 0 amide bonds. The van der Waals surface area contributed by atoms with Crippen LogP contribution >= 0.6 is 0 Å². The van der Waals surface area contributed by atoms with E-state index in [1.54, 1.807) is 18.7 Å². The Morgan fingerprint density at radius 2 is 2.43 bits per heavy atom. The third kappa shape index (κ3) is 1.49. The van der Waals surface area contributed by atoms with Crippen molar-refractivity contribution in [3.05, 3.63) is 30.3 Å². The molecule has 0 aliphatic rings. The Hall–Kier alpha value is -1.39. The van der Waals surface area contributed by atoms with Crippen LogP contribution in [0, 0.1) is 0 Å². The van der Waals surface area contributed by atoms with Crippen molar-refractivity contribution in [1.29, 1.82) is 0 Å². The maximum Gasteiger partial charge on any atom is 0.152 e. The summed E-state index contributed by atoms with van der Waals surface area (Å²) in [7, 11) is 0. The van der Waals surface area contributed by atoms with E-state index in [9.17, 15) is 5.11 Å². The molecule has 4 nitrogen and oxygen atoms in total. The molecule has 0 saturated heterocycles. The lowest BCUT2D eigenvalue weighted by Gasteiger charge is -2.05. The second-order valence-corrected chi connectivity index (χ2v) is 3.16. The number of nitrogens with two attached hydrogens (primary N) is 1. The summed E-state index contributed by atoms with van der Waals surface area (Å²) in [4.78, 5) is 3.93. The van der Waals surface area contributed by atoms with E-state index in [0.717, 1.165) is 10.9 Å². The summed E-state index contributed by atoms with van der Waals surface area (Å²) in [5.41, 5.74) is 6.85. The van der Waals surface area contributed by atoms with Crippen molar-refractivity contribution >= 4 is 11.0 Å². The maximum absolute atomic E-state index is 9.75. The van der Waals surface area contributed by atoms with Gasteiger partial charge in [0, 0.05) is 17.1 Å². The molecule has 2 heterocycles. The molecule has 0 spiro atoms. The SMILES string of the molecule is NCCC(O)c1coc2cnccc12. The van der Waals surface area contributed by atoms with Gasteiger partial charge in [-0.15, -0.1) is 0 Å². The number of aromatic nitrogens is 1. The zero-order valence-corrected chi connectivity index (χ0v) is 7.68. The monoisotopic (exact) mass is 192 g/mol. The van der Waals surface area contributed by atoms with Crippen LogP contribution in [0.4, 0.5) is 0 Å². The van der Waals surface area contributed by atoms with Gasteiger partial charge in [-0.25, -0.2) is 0 Å². The van der Waals surface area contributed by atoms with E-state index in [2.05, 4.69) is 4.98 Å². The van der Waals surface area contributed by atoms with Gasteiger partial charge in [0.05, 0.1) is 18.6 Å². The van der Waals surface area contributed by atoms with Gasteiger partial charge in [-0.3, -0.25) is 4.98 Å². The van der Waals surface area contributed by atoms with Crippen molar-refractivity contribution in [1.82, 2.24) is 4.98 Å². The minimum Gasteiger partial charge on any atom is -0.462 e. The number of aliphatic hydroxyl groups is 1. The first kappa shape index (κ1) is 9.18. The molecular weight excluding hydrogens is 180 g/mol. The standard InChI is InChI=1S/C10H12N2O2/c11-3-1-9(13)8-6-14-10-5-12-4-2-7(8)10/h2,4-6,9,13H,1,3,11H2. The zero-order valence-electron chi connectivity index (χ0n) is 7.68. The number of pyridine rings is 1. The lowest BCUT2D eigenvalue weighted by Crippen LogP contribution is -2.06. The fraction of sp³-hybridized carbons (Fsp3) is 0.300. The van der Waals surface area contributed by atoms with Crippen molar-refractivity contribution in [3.8, 4) is 0 Å². The molecule has 2 aromatic heterocycles. The highest BCUT2D eigenvalue weighted by Gasteiger charge is 2.13. The van der Waals surface area contributed by atoms with Crippen molar-refractivity contribution in [2.24, 2.45) is 5.73 Å². The second kappa shape index (κ2) is 3.77. The van der Waals surface area contributed by atoms with Gasteiger partial charge < -0.3 is 15.3 Å². The summed E-state index contributed by atoms with van der Waals surface area (Å²) in [5, 5.41) is 10.7. The average molecular weight is 192 g/mol. The van der Waals surface area contributed by atoms with Crippen molar-refractivity contribution in [2.45, 2.75) is 12.5 Å². The van der Waals surface area contributed by atoms with Crippen LogP contribution in [0.3, 0.4) is 0 Å². The number of hydrogen-bond donors (Lipinski definition) is 2. The van der Waals surface area contributed by atoms with Crippen LogP contribution in [0.2, 0.25) is 0 Å². The topological polar surface area (TPSA) is 72.3 Å². The number of nitrogens with zero attached hydrogens (tertiary/aromatic N) is 1. The van der Waals surface area contributed by atoms with Crippen LogP contribution in [0.15, 0.2) is 29.1 Å². The zero-order chi connectivity index (χ0) is 9.97. The molecule has 2 rings (SSSR count). The first-order valence-corrected chi connectivity index (χ1v) is 4.52. The molecule has 3 N–H and O–H groups in total. The van der Waals surface area contributed by atoms with Crippen LogP contribution in [-0.2, 0) is 0 Å². The van der Waals surface area contributed by atoms with Crippen molar-refractivity contribution in [3.63, 3.8) is 0 Å². The normalized spacial score (nSPS) is 13.3. The van der Waals surface area contributed by atoms with Gasteiger partial charge in [-0.2, -0.15) is 0 Å². The molecule has 1 unspecified atom stereocenters. The molecular formula is C10H12N2O2. The van der Waals surface area contributed by atoms with E-state index in [4.69, 9.17) is 10.2 Å². The Morgan fingerprint density at radius 1 is 1.57 bits per heavy atom. The van der Waals surface area contributed by atoms with E-state index in [1.807, 2.05) is 6.07 Å². The molecule has 0 saturated carbocycles. The molecule has 0 aliphatic heterocycles. The summed E-state index contributed by atoms with van der Waals surface area (Å²) in [6, 6.07) is 1.83. The maximum atomic E-state index is 9.75. The lowest BCUT2D eigenvalue weighted by atomic mass is 10.1. The first-order chi connectivity index (χ1) is 6.83. The van der Waals surface area contributed by atoms with E-state index >= 15 is 0 Å². The summed E-state index contributed by atoms with van der Waals surface area (Å²) in [5.74, 6) is 0. The quantitative estimate of drug-likeness (QED) is 0.766. The number of furan rings is 1. The van der Waals surface area contributed by atoms with Gasteiger partial charge in [0.25, 0.3) is 0 Å². The van der Waals surface area contributed by atoms with Gasteiger partial charge in [0.1, 0.15) is 0 Å². The smallest absolute Gasteiger partial charge is 0.152 e. The minimum atomic E-state index is -0.552. The van der Waals surface area contributed by atoms with Crippen molar-refractivity contribution in [2.75, 3.05) is 6.54 Å². The van der Waals surface area contributed by atoms with E-state index in [1.165, 1.54) is 0 Å². The van der Waals surface area contributed by atoms with Gasteiger partial charge in [0.15, 0.2) is 5.58 Å². The molecule has 0 aliphatic carbocycles. The summed E-state index contributed by atoms with van der Waals surface area (Å²) < 4.78 is 5.25. The predicted octanol–water partition coefficient (Wildman–Crippen LogP) is 1.21. The molecule has 14 heavy (non-hydrogen) atoms. The Kier molecular flexibility index (Phi) is 2.47. The van der Waals surface area contributed by atoms with Gasteiger partial charge in [-0.05, 0) is 19.0 Å². The van der Waals surface area contributed by atoms with Crippen LogP contribution in [-0.4, -0.2) is 16.6 Å². The fourth-order valence-corrected chi connectivity index (χ4v) is 1.47. The highest BCUT2D eigenvalue weighted by molar-refractivity contribution is 5.80. The number of aliphatic hydroxyl groups excluding tert-OH is 1. The Labute approximate surface area is 81.4 Å². The molecule has 74 valence electrons.